The molecule has 0 heterocycles. The first kappa shape index (κ1) is 39.1. The molecular weight excluding hydrogens is 639 g/mol. The van der Waals surface area contributed by atoms with Gasteiger partial charge in [0.25, 0.3) is 0 Å². The van der Waals surface area contributed by atoms with Crippen molar-refractivity contribution in [2.24, 2.45) is 0 Å². The average molecular weight is 683 g/mol. The predicted octanol–water partition coefficient (Wildman–Crippen LogP) is 9.22. The van der Waals surface area contributed by atoms with Crippen molar-refractivity contribution in [2.75, 3.05) is 0 Å². The molecule has 5 heteroatoms. The monoisotopic (exact) mass is 684 g/mol. The van der Waals surface area contributed by atoms with Crippen LogP contribution >= 0.6 is 0 Å². The summed E-state index contributed by atoms with van der Waals surface area (Å²) in [5.41, 5.74) is 2.70. The average Bonchev–Trinajstić information content (AvgIpc) is 3.06. The van der Waals surface area contributed by atoms with Gasteiger partial charge in [-0.1, -0.05) is 124 Å². The molecule has 0 fully saturated rings. The number of ketones is 2. The van der Waals surface area contributed by atoms with E-state index < -0.39 is 0 Å². The second-order valence-corrected chi connectivity index (χ2v) is 9.00. The first-order valence-corrected chi connectivity index (χ1v) is 14.1. The fourth-order valence-corrected chi connectivity index (χ4v) is 3.03. The van der Waals surface area contributed by atoms with Crippen LogP contribution in [0.5, 0.6) is 0 Å². The van der Waals surface area contributed by atoms with Crippen LogP contribution in [0.2, 0.25) is 0 Å². The van der Waals surface area contributed by atoms with E-state index >= 15 is 0 Å². The van der Waals surface area contributed by atoms with Crippen molar-refractivity contribution in [1.29, 1.82) is 0 Å². The van der Waals surface area contributed by atoms with E-state index in [0.29, 0.717) is 22.3 Å². The Morgan fingerprint density at radius 1 is 0.512 bits per heavy atom. The molecule has 0 aliphatic heterocycles. The van der Waals surface area contributed by atoms with Crippen molar-refractivity contribution in [3.05, 3.63) is 170 Å². The largest absolute Gasteiger partial charge is 0.507 e. The number of rotatable bonds is 8. The third-order valence-electron chi connectivity index (χ3n) is 5.53. The summed E-state index contributed by atoms with van der Waals surface area (Å²) in [6.07, 6.45) is 7.26. The van der Waals surface area contributed by atoms with E-state index in [-0.39, 0.29) is 47.0 Å². The van der Waals surface area contributed by atoms with Gasteiger partial charge in [-0.2, -0.15) is 12.8 Å². The Morgan fingerprint density at radius 2 is 0.721 bits per heavy atom. The minimum atomic E-state index is 0. The molecule has 4 N–H and O–H groups in total. The number of hydrogen-bond acceptors (Lipinski definition) is 2. The number of benzene rings is 4. The third-order valence-corrected chi connectivity index (χ3v) is 5.53. The van der Waals surface area contributed by atoms with Gasteiger partial charge in [0, 0.05) is 35.0 Å². The van der Waals surface area contributed by atoms with Crippen LogP contribution < -0.4 is 0 Å². The summed E-state index contributed by atoms with van der Waals surface area (Å²) < 4.78 is 0. The van der Waals surface area contributed by atoms with Crippen LogP contribution in [0.25, 0.3) is 11.5 Å². The molecule has 0 aliphatic carbocycles. The molecule has 4 radical (unpaired) electrons. The Morgan fingerprint density at radius 3 is 0.930 bits per heavy atom. The van der Waals surface area contributed by atoms with Crippen LogP contribution in [-0.2, 0) is 0 Å². The molecule has 0 spiro atoms. The molecule has 4 nitrogen and oxygen atoms in total. The van der Waals surface area contributed by atoms with Crippen LogP contribution in [-0.4, -0.2) is 55.3 Å². The van der Waals surface area contributed by atoms with E-state index in [1.54, 1.807) is 48.5 Å². The predicted molar refractivity (Wildman–Crippen MR) is 185 cm³/mol. The molecule has 43 heavy (non-hydrogen) atoms. The maximum atomic E-state index is 9.83. The zero-order valence-electron chi connectivity index (χ0n) is 25.2. The second kappa shape index (κ2) is 24.7. The van der Waals surface area contributed by atoms with E-state index in [1.807, 2.05) is 72.8 Å². The number of aliphatic hydroxyl groups is 2. The van der Waals surface area contributed by atoms with Gasteiger partial charge in [0.1, 0.15) is 11.5 Å². The summed E-state index contributed by atoms with van der Waals surface area (Å²) in [6, 6.07) is 36.4. The van der Waals surface area contributed by atoms with Gasteiger partial charge in [-0.05, 0) is 24.3 Å². The summed E-state index contributed by atoms with van der Waals surface area (Å²) in [4.78, 5) is 19.7. The topological polar surface area (TPSA) is 83.3 Å². The molecule has 4 rings (SSSR count). The number of unbranched alkanes of at least 4 members (excludes halogenated alkanes) is 2. The van der Waals surface area contributed by atoms with Crippen molar-refractivity contribution >= 4 is 47.0 Å². The van der Waals surface area contributed by atoms with Gasteiger partial charge in [-0.3, -0.25) is 9.59 Å². The molecule has 0 saturated carbocycles. The van der Waals surface area contributed by atoms with Crippen LogP contribution in [0, 0.1) is 13.8 Å². The Balaban J connectivity index is 0.000000646. The maximum Gasteiger partial charge on any atom is 0.350 e. The van der Waals surface area contributed by atoms with Crippen molar-refractivity contribution in [3.8, 4) is 0 Å². The SMILES string of the molecule is O/C(=C\C(=[OH+])c1ccccc1)c1ccccc1.O/C(=C\C(=[OH+])c1ccccc1)c1ccccc1.[CH2-]CCC.[CH2-]CCC.[Sn]. The van der Waals surface area contributed by atoms with Crippen molar-refractivity contribution in [2.45, 2.75) is 39.5 Å². The van der Waals surface area contributed by atoms with Crippen molar-refractivity contribution < 1.29 is 19.8 Å². The molecule has 0 amide bonds. The van der Waals surface area contributed by atoms with Gasteiger partial charge in [-0.25, -0.2) is 0 Å². The molecule has 4 aromatic carbocycles. The van der Waals surface area contributed by atoms with Gasteiger partial charge >= 0.3 is 11.6 Å². The quantitative estimate of drug-likeness (QED) is 0.0485. The van der Waals surface area contributed by atoms with E-state index in [4.69, 9.17) is 0 Å². The van der Waals surface area contributed by atoms with Crippen molar-refractivity contribution in [1.82, 2.24) is 0 Å². The minimum absolute atomic E-state index is 0. The Hall–Kier alpha value is -3.90. The summed E-state index contributed by atoms with van der Waals surface area (Å²) in [6.45, 7) is 11.4. The molecule has 0 atom stereocenters. The summed E-state index contributed by atoms with van der Waals surface area (Å²) in [5, 5.41) is 19.7. The molecular formula is C38H44O4Sn. The smallest absolute Gasteiger partial charge is 0.350 e. The first-order valence-electron chi connectivity index (χ1n) is 14.1. The molecule has 0 unspecified atom stereocenters. The zero-order valence-corrected chi connectivity index (χ0v) is 28.1. The minimum Gasteiger partial charge on any atom is -0.507 e. The standard InChI is InChI=1S/2C15H12O2.2C4H9.Sn/c2*16-14(12-7-3-1-4-8-12)11-15(17)13-9-5-2-6-10-13;2*1-3-4-2;/h2*1-11,16H;2*1,3-4H2,2H3;/q;;2*-1;/p+2/b2*14-11-;;;. The van der Waals surface area contributed by atoms with Gasteiger partial charge < -0.3 is 24.1 Å². The zero-order chi connectivity index (χ0) is 31.0. The first-order chi connectivity index (χ1) is 20.4. The fraction of sp³-hybridized carbons (Fsp3) is 0.158. The van der Waals surface area contributed by atoms with Gasteiger partial charge in [-0.15, -0.1) is 0 Å². The summed E-state index contributed by atoms with van der Waals surface area (Å²) in [5.74, 6) is 0.192. The normalized spacial score (nSPS) is 10.2. The third kappa shape index (κ3) is 17.0. The number of allylic oxidation sites excluding steroid dienone is 2. The summed E-state index contributed by atoms with van der Waals surface area (Å²) in [7, 11) is 0. The van der Waals surface area contributed by atoms with Crippen LogP contribution in [0.3, 0.4) is 0 Å². The van der Waals surface area contributed by atoms with E-state index in [0.717, 1.165) is 12.8 Å². The molecule has 4 aromatic rings. The number of aliphatic hydroxyl groups excluding tert-OH is 2. The van der Waals surface area contributed by atoms with Gasteiger partial charge in [0.2, 0.25) is 0 Å². The van der Waals surface area contributed by atoms with Crippen LogP contribution in [0.4, 0.5) is 0 Å². The fourth-order valence-electron chi connectivity index (χ4n) is 3.03. The molecule has 224 valence electrons. The molecule has 0 aromatic heterocycles. The number of carbonyl (C=O) groups excluding carboxylic acids is 2. The Labute approximate surface area is 274 Å². The van der Waals surface area contributed by atoms with Gasteiger partial charge in [0.05, 0.1) is 23.3 Å². The maximum absolute atomic E-state index is 9.83. The second-order valence-electron chi connectivity index (χ2n) is 9.00. The van der Waals surface area contributed by atoms with Crippen molar-refractivity contribution in [3.63, 3.8) is 0 Å². The van der Waals surface area contributed by atoms with E-state index in [9.17, 15) is 19.8 Å². The summed E-state index contributed by atoms with van der Waals surface area (Å²) >= 11 is 0. The van der Waals surface area contributed by atoms with Crippen LogP contribution in [0.15, 0.2) is 133 Å². The van der Waals surface area contributed by atoms with Crippen LogP contribution in [0.1, 0.15) is 61.8 Å². The molecule has 0 aliphatic rings. The molecule has 0 bridgehead atoms. The van der Waals surface area contributed by atoms with Gasteiger partial charge in [0.15, 0.2) is 0 Å². The van der Waals surface area contributed by atoms with E-state index in [1.165, 1.54) is 25.0 Å². The molecule has 0 saturated heterocycles. The Kier molecular flexibility index (Phi) is 22.4. The number of hydrogen-bond donors (Lipinski definition) is 2. The Bertz CT molecular complexity index is 1220. The van der Waals surface area contributed by atoms with E-state index in [2.05, 4.69) is 27.7 Å².